The van der Waals surface area contributed by atoms with E-state index in [0.29, 0.717) is 0 Å². The molecule has 130 valence electrons. The number of esters is 1. The zero-order valence-corrected chi connectivity index (χ0v) is 15.2. The molecule has 0 rings (SSSR count). The number of hydrogen-bond acceptors (Lipinski definition) is 6. The molecule has 6 heteroatoms. The summed E-state index contributed by atoms with van der Waals surface area (Å²) in [7, 11) is 1.29. The van der Waals surface area contributed by atoms with Gasteiger partial charge in [0.15, 0.2) is 0 Å². The minimum atomic E-state index is -0.985. The van der Waals surface area contributed by atoms with Gasteiger partial charge in [-0.25, -0.2) is 24.3 Å². The van der Waals surface area contributed by atoms with E-state index in [1.54, 1.807) is 19.9 Å². The third kappa shape index (κ3) is 10.7. The van der Waals surface area contributed by atoms with Crippen LogP contribution in [-0.4, -0.2) is 36.0 Å². The summed E-state index contributed by atoms with van der Waals surface area (Å²) in [5, 5.41) is 0. The van der Waals surface area contributed by atoms with Gasteiger partial charge in [-0.1, -0.05) is 6.08 Å². The second-order valence-electron chi connectivity index (χ2n) is 7.48. The van der Waals surface area contributed by atoms with Gasteiger partial charge in [-0.3, -0.25) is 0 Å². The molecule has 1 unspecified atom stereocenters. The molecule has 0 heterocycles. The van der Waals surface area contributed by atoms with Crippen LogP contribution < -0.4 is 0 Å². The van der Waals surface area contributed by atoms with Crippen LogP contribution in [0.25, 0.3) is 0 Å². The van der Waals surface area contributed by atoms with Crippen molar-refractivity contribution in [1.29, 1.82) is 0 Å². The number of methoxy groups -OCH3 is 1. The van der Waals surface area contributed by atoms with Gasteiger partial charge in [0.25, 0.3) is 0 Å². The fourth-order valence-electron chi connectivity index (χ4n) is 1.04. The number of carbonyl (C=O) groups is 1. The van der Waals surface area contributed by atoms with Crippen molar-refractivity contribution in [1.82, 2.24) is 0 Å². The average Bonchev–Trinajstić information content (AvgIpc) is 2.34. The summed E-state index contributed by atoms with van der Waals surface area (Å²) in [5.41, 5.74) is -1.72. The van der Waals surface area contributed by atoms with E-state index in [1.165, 1.54) is 13.2 Å². The van der Waals surface area contributed by atoms with Crippen molar-refractivity contribution in [2.45, 2.75) is 78.3 Å². The number of ether oxygens (including phenoxy) is 1. The fraction of sp³-hybridized carbons (Fsp3) is 0.812. The first-order valence-electron chi connectivity index (χ1n) is 7.24. The Balaban J connectivity index is 4.78. The van der Waals surface area contributed by atoms with Gasteiger partial charge >= 0.3 is 5.97 Å². The summed E-state index contributed by atoms with van der Waals surface area (Å²) in [6, 6.07) is 0. The molecule has 0 aromatic rings. The molecule has 0 amide bonds. The Kier molecular flexibility index (Phi) is 7.71. The van der Waals surface area contributed by atoms with E-state index < -0.39 is 28.9 Å². The normalized spacial score (nSPS) is 15.1. The third-order valence-corrected chi connectivity index (χ3v) is 2.01. The fourth-order valence-corrected chi connectivity index (χ4v) is 1.04. The van der Waals surface area contributed by atoms with Crippen molar-refractivity contribution in [3.05, 3.63) is 12.2 Å². The van der Waals surface area contributed by atoms with Crippen LogP contribution in [-0.2, 0) is 29.1 Å². The molecule has 0 spiro atoms. The maximum atomic E-state index is 11.7. The Hall–Kier alpha value is -0.950. The molecule has 0 aromatic carbocycles. The van der Waals surface area contributed by atoms with Crippen molar-refractivity contribution in [2.24, 2.45) is 0 Å². The van der Waals surface area contributed by atoms with E-state index in [4.69, 9.17) is 19.6 Å². The Bertz CT molecular complexity index is 373. The van der Waals surface area contributed by atoms with Crippen LogP contribution in [0.5, 0.6) is 0 Å². The van der Waals surface area contributed by atoms with Gasteiger partial charge in [-0.15, -0.1) is 0 Å². The highest BCUT2D eigenvalue weighted by Gasteiger charge is 2.25. The lowest BCUT2D eigenvalue weighted by atomic mass is 10.1. The predicted octanol–water partition coefficient (Wildman–Crippen LogP) is 3.36. The van der Waals surface area contributed by atoms with Gasteiger partial charge < -0.3 is 4.74 Å². The molecule has 0 N–H and O–H groups in total. The van der Waals surface area contributed by atoms with Crippen LogP contribution in [0.1, 0.15) is 55.4 Å². The van der Waals surface area contributed by atoms with Gasteiger partial charge in [0.2, 0.25) is 6.10 Å². The number of hydrogen-bond donors (Lipinski definition) is 0. The van der Waals surface area contributed by atoms with Crippen LogP contribution in [0.15, 0.2) is 12.2 Å². The summed E-state index contributed by atoms with van der Waals surface area (Å²) in [4.78, 5) is 32.7. The maximum absolute atomic E-state index is 11.7. The van der Waals surface area contributed by atoms with E-state index in [0.717, 1.165) is 0 Å². The molecule has 22 heavy (non-hydrogen) atoms. The molecule has 0 saturated carbocycles. The van der Waals surface area contributed by atoms with Crippen molar-refractivity contribution in [3.63, 3.8) is 0 Å². The standard InChI is InChI=1S/C16H30O6/c1-14(2,3)20-19-12(13(17)18-9)10-11-16(7,8)22-21-15(4,5)6/h10-12H,1-9H3/b11-10+. The molecule has 0 bridgehead atoms. The zero-order valence-electron chi connectivity index (χ0n) is 15.2. The van der Waals surface area contributed by atoms with Crippen LogP contribution in [0.2, 0.25) is 0 Å². The maximum Gasteiger partial charge on any atom is 0.342 e. The van der Waals surface area contributed by atoms with E-state index >= 15 is 0 Å². The van der Waals surface area contributed by atoms with Crippen molar-refractivity contribution < 1.29 is 29.1 Å². The van der Waals surface area contributed by atoms with Crippen molar-refractivity contribution >= 4 is 5.97 Å². The van der Waals surface area contributed by atoms with Gasteiger partial charge in [-0.05, 0) is 61.5 Å². The molecule has 0 aliphatic carbocycles. The average molecular weight is 318 g/mol. The summed E-state index contributed by atoms with van der Waals surface area (Å²) in [5.74, 6) is -0.562. The third-order valence-electron chi connectivity index (χ3n) is 2.01. The molecular formula is C16H30O6. The summed E-state index contributed by atoms with van der Waals surface area (Å²) in [6.45, 7) is 14.7. The largest absolute Gasteiger partial charge is 0.467 e. The van der Waals surface area contributed by atoms with Crippen molar-refractivity contribution in [2.75, 3.05) is 7.11 Å². The van der Waals surface area contributed by atoms with Crippen molar-refractivity contribution in [3.8, 4) is 0 Å². The Morgan fingerprint density at radius 3 is 1.77 bits per heavy atom. The smallest absolute Gasteiger partial charge is 0.342 e. The highest BCUT2D eigenvalue weighted by atomic mass is 17.2. The molecule has 0 aliphatic heterocycles. The first-order valence-corrected chi connectivity index (χ1v) is 7.24. The van der Waals surface area contributed by atoms with Crippen LogP contribution in [0.3, 0.4) is 0 Å². The lowest BCUT2D eigenvalue weighted by Gasteiger charge is -2.26. The Labute approximate surface area is 133 Å². The molecule has 1 atom stereocenters. The minimum Gasteiger partial charge on any atom is -0.467 e. The highest BCUT2D eigenvalue weighted by molar-refractivity contribution is 5.76. The molecule has 0 radical (unpaired) electrons. The minimum absolute atomic E-state index is 0.432. The van der Waals surface area contributed by atoms with E-state index in [2.05, 4.69) is 4.74 Å². The predicted molar refractivity (Wildman–Crippen MR) is 82.9 cm³/mol. The summed E-state index contributed by atoms with van der Waals surface area (Å²) < 4.78 is 4.69. The van der Waals surface area contributed by atoms with Crippen LogP contribution >= 0.6 is 0 Å². The molecule has 0 saturated heterocycles. The van der Waals surface area contributed by atoms with E-state index in [9.17, 15) is 4.79 Å². The molecule has 0 aromatic heterocycles. The second-order valence-corrected chi connectivity index (χ2v) is 7.48. The van der Waals surface area contributed by atoms with Crippen LogP contribution in [0, 0.1) is 0 Å². The summed E-state index contributed by atoms with van der Waals surface area (Å²) in [6.07, 6.45) is 2.19. The Morgan fingerprint density at radius 2 is 1.36 bits per heavy atom. The quantitative estimate of drug-likeness (QED) is 0.310. The van der Waals surface area contributed by atoms with Gasteiger partial charge in [0.05, 0.1) is 18.3 Å². The van der Waals surface area contributed by atoms with Gasteiger partial charge in [0.1, 0.15) is 5.60 Å². The van der Waals surface area contributed by atoms with E-state index in [1.807, 2.05) is 41.5 Å². The first kappa shape index (κ1) is 21.0. The molecule has 0 aliphatic rings. The number of carbonyl (C=O) groups excluding carboxylic acids is 1. The monoisotopic (exact) mass is 318 g/mol. The topological polar surface area (TPSA) is 63.2 Å². The zero-order chi connectivity index (χ0) is 17.6. The first-order chi connectivity index (χ1) is 9.76. The van der Waals surface area contributed by atoms with Crippen LogP contribution in [0.4, 0.5) is 0 Å². The highest BCUT2D eigenvalue weighted by Crippen LogP contribution is 2.18. The van der Waals surface area contributed by atoms with Gasteiger partial charge in [0, 0.05) is 0 Å². The molecule has 0 fully saturated rings. The molecule has 6 nitrogen and oxygen atoms in total. The summed E-state index contributed by atoms with van der Waals surface area (Å²) >= 11 is 0. The lowest BCUT2D eigenvalue weighted by molar-refractivity contribution is -0.387. The molecular weight excluding hydrogens is 288 g/mol. The number of rotatable bonds is 7. The second kappa shape index (κ2) is 8.06. The Morgan fingerprint density at radius 1 is 0.864 bits per heavy atom. The van der Waals surface area contributed by atoms with E-state index in [-0.39, 0.29) is 0 Å². The SMILES string of the molecule is COC(=O)C(/C=C/C(C)(C)OOC(C)(C)C)OOC(C)(C)C. The lowest BCUT2D eigenvalue weighted by Crippen LogP contribution is -2.31. The van der Waals surface area contributed by atoms with Gasteiger partial charge in [-0.2, -0.15) is 0 Å².